The summed E-state index contributed by atoms with van der Waals surface area (Å²) in [4.78, 5) is 7.55. The van der Waals surface area contributed by atoms with E-state index in [1.54, 1.807) is 6.21 Å². The summed E-state index contributed by atoms with van der Waals surface area (Å²) >= 11 is 0. The van der Waals surface area contributed by atoms with Gasteiger partial charge in [0.05, 0.1) is 11.3 Å². The van der Waals surface area contributed by atoms with Crippen LogP contribution < -0.4 is 0 Å². The van der Waals surface area contributed by atoms with Crippen molar-refractivity contribution in [3.63, 3.8) is 0 Å². The third kappa shape index (κ3) is 3.34. The molecule has 0 aliphatic carbocycles. The van der Waals surface area contributed by atoms with Crippen LogP contribution in [0.2, 0.25) is 0 Å². The summed E-state index contributed by atoms with van der Waals surface area (Å²) in [6.45, 7) is 4.00. The molecule has 2 aromatic carbocycles. The first-order valence-corrected chi connectivity index (χ1v) is 7.86. The van der Waals surface area contributed by atoms with Crippen molar-refractivity contribution in [3.8, 4) is 23.4 Å². The molecule has 120 valence electrons. The highest BCUT2D eigenvalue weighted by atomic mass is 14.9. The van der Waals surface area contributed by atoms with Gasteiger partial charge in [-0.1, -0.05) is 53.6 Å². The molecular formula is C21H16N4. The molecule has 1 N–H and O–H groups in total. The van der Waals surface area contributed by atoms with E-state index in [1.165, 1.54) is 0 Å². The molecule has 3 aromatic rings. The van der Waals surface area contributed by atoms with Crippen LogP contribution in [-0.4, -0.2) is 11.2 Å². The lowest BCUT2D eigenvalue weighted by atomic mass is 10.0. The Kier molecular flexibility index (Phi) is 4.46. The van der Waals surface area contributed by atoms with Crippen LogP contribution in [0.15, 0.2) is 53.5 Å². The van der Waals surface area contributed by atoms with Crippen molar-refractivity contribution in [2.45, 2.75) is 13.8 Å². The molecule has 0 atom stereocenters. The highest BCUT2D eigenvalue weighted by Gasteiger charge is 2.18. The van der Waals surface area contributed by atoms with Gasteiger partial charge in [0.2, 0.25) is 0 Å². The lowest BCUT2D eigenvalue weighted by molar-refractivity contribution is 1.32. The van der Waals surface area contributed by atoms with E-state index in [-0.39, 0.29) is 5.56 Å². The van der Waals surface area contributed by atoms with Gasteiger partial charge in [-0.25, -0.2) is 4.99 Å². The van der Waals surface area contributed by atoms with Crippen molar-refractivity contribution in [1.29, 1.82) is 10.5 Å². The van der Waals surface area contributed by atoms with Gasteiger partial charge in [-0.05, 0) is 31.0 Å². The van der Waals surface area contributed by atoms with Gasteiger partial charge >= 0.3 is 0 Å². The van der Waals surface area contributed by atoms with Crippen molar-refractivity contribution < 1.29 is 0 Å². The number of aliphatic imine (C=N–C) groups is 1. The second-order valence-corrected chi connectivity index (χ2v) is 5.86. The first kappa shape index (κ1) is 16.2. The second kappa shape index (κ2) is 6.86. The molecule has 0 unspecified atom stereocenters. The third-order valence-electron chi connectivity index (χ3n) is 3.90. The molecule has 0 fully saturated rings. The van der Waals surface area contributed by atoms with Gasteiger partial charge in [0, 0.05) is 6.21 Å². The monoisotopic (exact) mass is 324 g/mol. The topological polar surface area (TPSA) is 75.7 Å². The normalized spacial score (nSPS) is 10.6. The van der Waals surface area contributed by atoms with E-state index >= 15 is 0 Å². The zero-order valence-corrected chi connectivity index (χ0v) is 14.0. The zero-order valence-electron chi connectivity index (χ0n) is 14.0. The number of hydrogen-bond donors (Lipinski definition) is 1. The second-order valence-electron chi connectivity index (χ2n) is 5.86. The van der Waals surface area contributed by atoms with Gasteiger partial charge in [-0.15, -0.1) is 0 Å². The Morgan fingerprint density at radius 1 is 0.920 bits per heavy atom. The highest BCUT2D eigenvalue weighted by Crippen LogP contribution is 2.32. The summed E-state index contributed by atoms with van der Waals surface area (Å²) in [7, 11) is 0. The molecule has 0 amide bonds. The predicted octanol–water partition coefficient (Wildman–Crippen LogP) is 4.79. The van der Waals surface area contributed by atoms with Crippen LogP contribution in [0.25, 0.3) is 11.3 Å². The minimum absolute atomic E-state index is 0.267. The summed E-state index contributed by atoms with van der Waals surface area (Å²) < 4.78 is 0. The minimum atomic E-state index is 0.267. The van der Waals surface area contributed by atoms with E-state index in [9.17, 15) is 10.5 Å². The number of nitrogens with zero attached hydrogens (tertiary/aromatic N) is 3. The van der Waals surface area contributed by atoms with Crippen LogP contribution >= 0.6 is 0 Å². The van der Waals surface area contributed by atoms with Gasteiger partial charge < -0.3 is 4.98 Å². The maximum Gasteiger partial charge on any atom is 0.149 e. The highest BCUT2D eigenvalue weighted by molar-refractivity contribution is 5.84. The van der Waals surface area contributed by atoms with Crippen molar-refractivity contribution >= 4 is 12.0 Å². The Bertz CT molecular complexity index is 1040. The van der Waals surface area contributed by atoms with Crippen LogP contribution in [0.3, 0.4) is 0 Å². The first-order valence-electron chi connectivity index (χ1n) is 7.86. The Morgan fingerprint density at radius 2 is 1.60 bits per heavy atom. The number of nitrogens with one attached hydrogen (secondary N) is 1. The van der Waals surface area contributed by atoms with Gasteiger partial charge in [-0.3, -0.25) is 0 Å². The van der Waals surface area contributed by atoms with Gasteiger partial charge in [-0.2, -0.15) is 10.5 Å². The quantitative estimate of drug-likeness (QED) is 0.703. The van der Waals surface area contributed by atoms with Crippen molar-refractivity contribution in [3.05, 3.63) is 76.3 Å². The van der Waals surface area contributed by atoms with E-state index in [1.807, 2.05) is 62.4 Å². The first-order chi connectivity index (χ1) is 12.1. The van der Waals surface area contributed by atoms with E-state index in [2.05, 4.69) is 22.1 Å². The fourth-order valence-electron chi connectivity index (χ4n) is 2.71. The maximum atomic E-state index is 9.52. The molecule has 0 saturated carbocycles. The van der Waals surface area contributed by atoms with Gasteiger partial charge in [0.25, 0.3) is 0 Å². The summed E-state index contributed by atoms with van der Waals surface area (Å²) in [5.74, 6) is 0.400. The molecule has 0 aliphatic rings. The van der Waals surface area contributed by atoms with Crippen LogP contribution in [0.4, 0.5) is 5.82 Å². The Labute approximate surface area is 146 Å². The molecule has 0 spiro atoms. The predicted molar refractivity (Wildman–Crippen MR) is 98.8 cm³/mol. The summed E-state index contributed by atoms with van der Waals surface area (Å²) in [5.41, 5.74) is 5.24. The molecule has 0 saturated heterocycles. The van der Waals surface area contributed by atoms with Gasteiger partial charge in [0.15, 0.2) is 0 Å². The number of aromatic amines is 1. The molecule has 4 heteroatoms. The van der Waals surface area contributed by atoms with Crippen LogP contribution in [0.5, 0.6) is 0 Å². The molecular weight excluding hydrogens is 308 g/mol. The Hall–Kier alpha value is -3.63. The van der Waals surface area contributed by atoms with E-state index in [4.69, 9.17) is 0 Å². The number of nitriles is 2. The molecule has 4 nitrogen and oxygen atoms in total. The molecule has 0 bridgehead atoms. The lowest BCUT2D eigenvalue weighted by Gasteiger charge is -2.00. The number of aryl methyl sites for hydroxylation is 2. The van der Waals surface area contributed by atoms with Crippen LogP contribution in [0.1, 0.15) is 27.8 Å². The van der Waals surface area contributed by atoms with E-state index in [0.29, 0.717) is 17.1 Å². The maximum absolute atomic E-state index is 9.52. The average molecular weight is 324 g/mol. The third-order valence-corrected chi connectivity index (χ3v) is 3.90. The summed E-state index contributed by atoms with van der Waals surface area (Å²) in [6, 6.07) is 19.9. The minimum Gasteiger partial charge on any atom is -0.337 e. The number of aromatic nitrogens is 1. The molecule has 25 heavy (non-hydrogen) atoms. The SMILES string of the molecule is Cc1cccc(/C=N/c2[nH]c(-c3cccc(C)c3)c(C#N)c2C#N)c1. The molecule has 1 heterocycles. The molecule has 1 aromatic heterocycles. The van der Waals surface area contributed by atoms with Crippen molar-refractivity contribution in [2.24, 2.45) is 4.99 Å². The van der Waals surface area contributed by atoms with Crippen molar-refractivity contribution in [2.75, 3.05) is 0 Å². The largest absolute Gasteiger partial charge is 0.337 e. The fourth-order valence-corrected chi connectivity index (χ4v) is 2.71. The smallest absolute Gasteiger partial charge is 0.149 e. The molecule has 3 rings (SSSR count). The number of benzene rings is 2. The standard InChI is InChI=1S/C21H16N4/c1-14-5-3-7-16(9-14)13-24-21-19(12-23)18(11-22)20(25-21)17-8-4-6-15(2)10-17/h3-10,13,25H,1-2H3/b24-13+. The van der Waals surface area contributed by atoms with E-state index < -0.39 is 0 Å². The van der Waals surface area contributed by atoms with Crippen molar-refractivity contribution in [1.82, 2.24) is 4.98 Å². The number of rotatable bonds is 3. The Morgan fingerprint density at radius 3 is 2.24 bits per heavy atom. The summed E-state index contributed by atoms with van der Waals surface area (Å²) in [6.07, 6.45) is 1.70. The molecule has 0 aliphatic heterocycles. The van der Waals surface area contributed by atoms with Crippen LogP contribution in [0, 0.1) is 36.5 Å². The lowest BCUT2D eigenvalue weighted by Crippen LogP contribution is -1.83. The summed E-state index contributed by atoms with van der Waals surface area (Å²) in [5, 5.41) is 19.0. The van der Waals surface area contributed by atoms with Gasteiger partial charge in [0.1, 0.15) is 23.5 Å². The fraction of sp³-hybridized carbons (Fsp3) is 0.0952. The molecule has 0 radical (unpaired) electrons. The van der Waals surface area contributed by atoms with Crippen LogP contribution in [-0.2, 0) is 0 Å². The average Bonchev–Trinajstić information content (AvgIpc) is 2.97. The Balaban J connectivity index is 2.09. The number of H-pyrrole nitrogens is 1. The zero-order chi connectivity index (χ0) is 17.8. The van der Waals surface area contributed by atoms with E-state index in [0.717, 1.165) is 22.3 Å². The number of hydrogen-bond acceptors (Lipinski definition) is 3.